The smallest absolute Gasteiger partial charge is 0.264 e. The molecule has 0 aliphatic heterocycles. The lowest BCUT2D eigenvalue weighted by molar-refractivity contribution is -0.140. The molecule has 0 spiro atoms. The SMILES string of the molecule is CC[C@H](C(=O)NC1CCCC1)N(Cc1ccc(F)cc1)C(=O)CN(c1ccc(Cl)cc1)S(=O)(=O)c1ccc(C)cc1. The summed E-state index contributed by atoms with van der Waals surface area (Å²) in [7, 11) is -4.17. The molecule has 0 bridgehead atoms. The molecule has 0 unspecified atom stereocenters. The van der Waals surface area contributed by atoms with Crippen LogP contribution in [0.1, 0.15) is 50.2 Å². The summed E-state index contributed by atoms with van der Waals surface area (Å²) in [4.78, 5) is 29.0. The van der Waals surface area contributed by atoms with Gasteiger partial charge >= 0.3 is 0 Å². The standard InChI is InChI=1S/C31H35ClFN3O4S/c1-3-29(31(38)34-26-6-4-5-7-26)35(20-23-10-14-25(33)15-11-23)30(37)21-36(27-16-12-24(32)13-17-27)41(39,40)28-18-8-22(2)9-19-28/h8-19,26,29H,3-7,20-21H2,1-2H3,(H,34,38)/t29-/m1/s1. The van der Waals surface area contributed by atoms with Crippen LogP contribution in [0.5, 0.6) is 0 Å². The zero-order valence-corrected chi connectivity index (χ0v) is 24.8. The van der Waals surface area contributed by atoms with Crippen molar-refractivity contribution in [2.45, 2.75) is 69.5 Å². The lowest BCUT2D eigenvalue weighted by Gasteiger charge is -2.33. The highest BCUT2D eigenvalue weighted by molar-refractivity contribution is 7.92. The van der Waals surface area contributed by atoms with Crippen LogP contribution in [-0.4, -0.2) is 43.8 Å². The van der Waals surface area contributed by atoms with E-state index in [0.29, 0.717) is 17.0 Å². The molecule has 0 heterocycles. The summed E-state index contributed by atoms with van der Waals surface area (Å²) in [6, 6.07) is 17.5. The van der Waals surface area contributed by atoms with Gasteiger partial charge in [-0.3, -0.25) is 13.9 Å². The molecule has 10 heteroatoms. The van der Waals surface area contributed by atoms with Crippen LogP contribution in [0.3, 0.4) is 0 Å². The predicted molar refractivity (Wildman–Crippen MR) is 159 cm³/mol. The Bertz CT molecular complexity index is 1440. The van der Waals surface area contributed by atoms with E-state index in [4.69, 9.17) is 11.6 Å². The molecule has 0 radical (unpaired) electrons. The van der Waals surface area contributed by atoms with Crippen molar-refractivity contribution >= 4 is 39.1 Å². The van der Waals surface area contributed by atoms with Crippen molar-refractivity contribution in [3.63, 3.8) is 0 Å². The van der Waals surface area contributed by atoms with Gasteiger partial charge in [0, 0.05) is 17.6 Å². The van der Waals surface area contributed by atoms with E-state index in [1.807, 2.05) is 13.8 Å². The summed E-state index contributed by atoms with van der Waals surface area (Å²) in [6.45, 7) is 3.12. The molecule has 1 aliphatic carbocycles. The topological polar surface area (TPSA) is 86.8 Å². The molecule has 0 saturated heterocycles. The van der Waals surface area contributed by atoms with E-state index in [-0.39, 0.29) is 29.1 Å². The van der Waals surface area contributed by atoms with Gasteiger partial charge in [0.25, 0.3) is 10.0 Å². The fourth-order valence-electron chi connectivity index (χ4n) is 5.05. The molecule has 1 N–H and O–H groups in total. The Kier molecular flexibility index (Phi) is 10.0. The highest BCUT2D eigenvalue weighted by atomic mass is 35.5. The van der Waals surface area contributed by atoms with Gasteiger partial charge in [-0.25, -0.2) is 12.8 Å². The first-order valence-electron chi connectivity index (χ1n) is 13.8. The molecule has 218 valence electrons. The fraction of sp³-hybridized carbons (Fsp3) is 0.355. The molecule has 1 saturated carbocycles. The summed E-state index contributed by atoms with van der Waals surface area (Å²) in [5.41, 5.74) is 1.77. The highest BCUT2D eigenvalue weighted by Crippen LogP contribution is 2.27. The summed E-state index contributed by atoms with van der Waals surface area (Å²) in [6.07, 6.45) is 4.15. The van der Waals surface area contributed by atoms with Crippen molar-refractivity contribution < 1.29 is 22.4 Å². The Morgan fingerprint density at radius 2 is 1.59 bits per heavy atom. The van der Waals surface area contributed by atoms with E-state index in [2.05, 4.69) is 5.32 Å². The molecule has 1 atom stereocenters. The maximum absolute atomic E-state index is 14.1. The van der Waals surface area contributed by atoms with Crippen molar-refractivity contribution in [3.8, 4) is 0 Å². The van der Waals surface area contributed by atoms with Crippen molar-refractivity contribution in [1.29, 1.82) is 0 Å². The van der Waals surface area contributed by atoms with Gasteiger partial charge in [0.2, 0.25) is 11.8 Å². The second-order valence-electron chi connectivity index (χ2n) is 10.4. The Morgan fingerprint density at radius 3 is 2.17 bits per heavy atom. The Hall–Kier alpha value is -3.43. The molecule has 1 fully saturated rings. The largest absolute Gasteiger partial charge is 0.352 e. The van der Waals surface area contributed by atoms with Gasteiger partial charge in [0.05, 0.1) is 10.6 Å². The third-order valence-electron chi connectivity index (χ3n) is 7.36. The molecular formula is C31H35ClFN3O4S. The van der Waals surface area contributed by atoms with E-state index < -0.39 is 34.3 Å². The normalized spacial score (nSPS) is 14.4. The summed E-state index contributed by atoms with van der Waals surface area (Å²) < 4.78 is 42.5. The number of hydrogen-bond donors (Lipinski definition) is 1. The maximum atomic E-state index is 14.1. The van der Waals surface area contributed by atoms with Gasteiger partial charge < -0.3 is 10.2 Å². The van der Waals surface area contributed by atoms with Crippen LogP contribution >= 0.6 is 11.6 Å². The monoisotopic (exact) mass is 599 g/mol. The number of amides is 2. The first kappa shape index (κ1) is 30.5. The van der Waals surface area contributed by atoms with Crippen molar-refractivity contribution in [3.05, 3.63) is 94.8 Å². The van der Waals surface area contributed by atoms with E-state index in [0.717, 1.165) is 35.6 Å². The minimum absolute atomic E-state index is 0.00867. The number of aryl methyl sites for hydroxylation is 1. The minimum atomic E-state index is -4.17. The molecule has 7 nitrogen and oxygen atoms in total. The number of rotatable bonds is 11. The molecule has 3 aromatic rings. The number of carbonyl (C=O) groups is 2. The van der Waals surface area contributed by atoms with Gasteiger partial charge in [-0.15, -0.1) is 0 Å². The molecule has 2 amide bonds. The maximum Gasteiger partial charge on any atom is 0.264 e. The second kappa shape index (κ2) is 13.5. The van der Waals surface area contributed by atoms with Crippen LogP contribution < -0.4 is 9.62 Å². The molecular weight excluding hydrogens is 565 g/mol. The van der Waals surface area contributed by atoms with Crippen LogP contribution in [0.25, 0.3) is 0 Å². The fourth-order valence-corrected chi connectivity index (χ4v) is 6.59. The minimum Gasteiger partial charge on any atom is -0.352 e. The third-order valence-corrected chi connectivity index (χ3v) is 9.40. The van der Waals surface area contributed by atoms with E-state index >= 15 is 0 Å². The van der Waals surface area contributed by atoms with E-state index in [9.17, 15) is 22.4 Å². The molecule has 4 rings (SSSR count). The molecule has 1 aliphatic rings. The van der Waals surface area contributed by atoms with E-state index in [1.54, 1.807) is 36.4 Å². The lowest BCUT2D eigenvalue weighted by atomic mass is 10.1. The third kappa shape index (κ3) is 7.65. The van der Waals surface area contributed by atoms with Gasteiger partial charge in [0.15, 0.2) is 0 Å². The number of nitrogens with zero attached hydrogens (tertiary/aromatic N) is 2. The molecule has 3 aromatic carbocycles. The van der Waals surface area contributed by atoms with Crippen LogP contribution in [0.15, 0.2) is 77.7 Å². The Morgan fingerprint density at radius 1 is 0.976 bits per heavy atom. The highest BCUT2D eigenvalue weighted by Gasteiger charge is 2.34. The number of halogens is 2. The van der Waals surface area contributed by atoms with E-state index in [1.165, 1.54) is 41.3 Å². The van der Waals surface area contributed by atoms with Gasteiger partial charge in [-0.05, 0) is 80.3 Å². The lowest BCUT2D eigenvalue weighted by Crippen LogP contribution is -2.53. The number of anilines is 1. The van der Waals surface area contributed by atoms with Crippen molar-refractivity contribution in [2.24, 2.45) is 0 Å². The average molecular weight is 600 g/mol. The average Bonchev–Trinajstić information content (AvgIpc) is 3.46. The summed E-state index contributed by atoms with van der Waals surface area (Å²) >= 11 is 6.07. The summed E-state index contributed by atoms with van der Waals surface area (Å²) in [5, 5.41) is 3.49. The molecule has 41 heavy (non-hydrogen) atoms. The van der Waals surface area contributed by atoms with Gasteiger partial charge in [-0.2, -0.15) is 0 Å². The van der Waals surface area contributed by atoms with Crippen LogP contribution in [0.4, 0.5) is 10.1 Å². The van der Waals surface area contributed by atoms with Gasteiger partial charge in [-0.1, -0.05) is 61.2 Å². The Balaban J connectivity index is 1.70. The van der Waals surface area contributed by atoms with Crippen LogP contribution in [-0.2, 0) is 26.2 Å². The first-order valence-corrected chi connectivity index (χ1v) is 15.6. The Labute approximate surface area is 246 Å². The molecule has 0 aromatic heterocycles. The zero-order chi connectivity index (χ0) is 29.6. The number of nitrogens with one attached hydrogen (secondary N) is 1. The number of carbonyl (C=O) groups excluding carboxylic acids is 2. The predicted octanol–water partition coefficient (Wildman–Crippen LogP) is 5.85. The number of benzene rings is 3. The summed E-state index contributed by atoms with van der Waals surface area (Å²) in [5.74, 6) is -1.27. The van der Waals surface area contributed by atoms with Crippen LogP contribution in [0, 0.1) is 12.7 Å². The zero-order valence-electron chi connectivity index (χ0n) is 23.2. The van der Waals surface area contributed by atoms with Crippen molar-refractivity contribution in [2.75, 3.05) is 10.8 Å². The second-order valence-corrected chi connectivity index (χ2v) is 12.7. The quantitative estimate of drug-likeness (QED) is 0.300. The number of hydrogen-bond acceptors (Lipinski definition) is 4. The van der Waals surface area contributed by atoms with Gasteiger partial charge in [0.1, 0.15) is 18.4 Å². The van der Waals surface area contributed by atoms with Crippen LogP contribution in [0.2, 0.25) is 5.02 Å². The first-order chi connectivity index (χ1) is 19.6. The van der Waals surface area contributed by atoms with Crippen molar-refractivity contribution in [1.82, 2.24) is 10.2 Å². The number of sulfonamides is 1.